The van der Waals surface area contributed by atoms with Gasteiger partial charge in [-0.25, -0.2) is 0 Å². The van der Waals surface area contributed by atoms with Crippen molar-refractivity contribution in [2.75, 3.05) is 0 Å². The Kier molecular flexibility index (Phi) is 3.57. The number of hydrogen-bond acceptors (Lipinski definition) is 2. The van der Waals surface area contributed by atoms with E-state index in [4.69, 9.17) is 5.73 Å². The lowest BCUT2D eigenvalue weighted by Gasteiger charge is -2.31. The van der Waals surface area contributed by atoms with Gasteiger partial charge in [0, 0.05) is 5.92 Å². The van der Waals surface area contributed by atoms with Crippen LogP contribution >= 0.6 is 11.8 Å². The van der Waals surface area contributed by atoms with E-state index in [1.807, 2.05) is 35.7 Å². The predicted octanol–water partition coefficient (Wildman–Crippen LogP) is 3.04. The van der Waals surface area contributed by atoms with E-state index < -0.39 is 4.75 Å². The second-order valence-electron chi connectivity index (χ2n) is 4.31. The third-order valence-electron chi connectivity index (χ3n) is 3.26. The molecule has 2 atom stereocenters. The fourth-order valence-corrected chi connectivity index (χ4v) is 3.67. The van der Waals surface area contributed by atoms with E-state index in [-0.39, 0.29) is 11.8 Å². The molecule has 0 fully saturated rings. The summed E-state index contributed by atoms with van der Waals surface area (Å²) in [6.45, 7) is 2.13. The molecule has 1 aliphatic heterocycles. The molecule has 0 radical (unpaired) electrons. The third-order valence-corrected chi connectivity index (χ3v) is 4.66. The molecule has 2 nitrogen and oxygen atoms in total. The average Bonchev–Trinajstić information content (AvgIpc) is 2.75. The summed E-state index contributed by atoms with van der Waals surface area (Å²) in [7, 11) is 0. The zero-order chi connectivity index (χ0) is 12.3. The van der Waals surface area contributed by atoms with Gasteiger partial charge in [0.2, 0.25) is 5.91 Å². The second kappa shape index (κ2) is 4.96. The monoisotopic (exact) mass is 247 g/mol. The molecular formula is C14H17NOS. The molecule has 2 unspecified atom stereocenters. The summed E-state index contributed by atoms with van der Waals surface area (Å²) >= 11 is 1.54. The molecule has 1 heterocycles. The van der Waals surface area contributed by atoms with E-state index in [1.54, 1.807) is 11.8 Å². The maximum absolute atomic E-state index is 12.0. The molecule has 3 heteroatoms. The summed E-state index contributed by atoms with van der Waals surface area (Å²) in [5.74, 6) is -0.0328. The van der Waals surface area contributed by atoms with Gasteiger partial charge in [0.15, 0.2) is 0 Å². The summed E-state index contributed by atoms with van der Waals surface area (Å²) < 4.78 is -0.600. The first-order valence-electron chi connectivity index (χ1n) is 5.91. The van der Waals surface area contributed by atoms with E-state index in [2.05, 4.69) is 13.0 Å². The first kappa shape index (κ1) is 12.2. The summed E-state index contributed by atoms with van der Waals surface area (Å²) in [6, 6.07) is 9.87. The fraction of sp³-hybridized carbons (Fsp3) is 0.357. The quantitative estimate of drug-likeness (QED) is 0.888. The lowest BCUT2D eigenvalue weighted by atomic mass is 9.82. The lowest BCUT2D eigenvalue weighted by molar-refractivity contribution is -0.121. The Morgan fingerprint density at radius 2 is 2.12 bits per heavy atom. The minimum Gasteiger partial charge on any atom is -0.368 e. The first-order chi connectivity index (χ1) is 8.21. The number of allylic oxidation sites excluding steroid dienone is 1. The number of primary amides is 1. The van der Waals surface area contributed by atoms with Gasteiger partial charge in [0.1, 0.15) is 4.75 Å². The Morgan fingerprint density at radius 3 is 2.71 bits per heavy atom. The molecule has 0 spiro atoms. The van der Waals surface area contributed by atoms with Gasteiger partial charge < -0.3 is 5.73 Å². The standard InChI is InChI=1S/C14H17NOS/c1-2-6-11-9-10-17-14(11,13(15)16)12-7-4-3-5-8-12/h3-5,7-11H,2,6H2,1H3,(H2,15,16). The lowest BCUT2D eigenvalue weighted by Crippen LogP contribution is -2.42. The molecule has 0 bridgehead atoms. The van der Waals surface area contributed by atoms with Crippen molar-refractivity contribution in [2.45, 2.75) is 24.5 Å². The largest absolute Gasteiger partial charge is 0.368 e. The molecule has 0 aromatic heterocycles. The highest BCUT2D eigenvalue weighted by Gasteiger charge is 2.47. The zero-order valence-corrected chi connectivity index (χ0v) is 10.7. The van der Waals surface area contributed by atoms with E-state index in [0.717, 1.165) is 18.4 Å². The van der Waals surface area contributed by atoms with Crippen molar-refractivity contribution < 1.29 is 4.79 Å². The molecule has 0 saturated carbocycles. The van der Waals surface area contributed by atoms with Gasteiger partial charge in [0.25, 0.3) is 0 Å². The maximum atomic E-state index is 12.0. The number of amides is 1. The summed E-state index contributed by atoms with van der Waals surface area (Å²) in [6.07, 6.45) is 4.16. The number of hydrogen-bond donors (Lipinski definition) is 1. The highest BCUT2D eigenvalue weighted by Crippen LogP contribution is 2.50. The maximum Gasteiger partial charge on any atom is 0.239 e. The Morgan fingerprint density at radius 1 is 1.41 bits per heavy atom. The van der Waals surface area contributed by atoms with E-state index in [1.165, 1.54) is 0 Å². The van der Waals surface area contributed by atoms with Crippen LogP contribution in [0.4, 0.5) is 0 Å². The Balaban J connectivity index is 2.44. The Labute approximate surface area is 106 Å². The molecule has 2 N–H and O–H groups in total. The second-order valence-corrected chi connectivity index (χ2v) is 5.46. The Bertz CT molecular complexity index is 429. The van der Waals surface area contributed by atoms with Crippen molar-refractivity contribution >= 4 is 17.7 Å². The summed E-state index contributed by atoms with van der Waals surface area (Å²) in [4.78, 5) is 12.0. The van der Waals surface area contributed by atoms with Crippen LogP contribution in [0.5, 0.6) is 0 Å². The van der Waals surface area contributed by atoms with Crippen molar-refractivity contribution in [3.63, 3.8) is 0 Å². The minimum atomic E-state index is -0.600. The van der Waals surface area contributed by atoms with Crippen LogP contribution in [0.3, 0.4) is 0 Å². The highest BCUT2D eigenvalue weighted by molar-refractivity contribution is 8.04. The number of nitrogens with two attached hydrogens (primary N) is 1. The van der Waals surface area contributed by atoms with E-state index in [0.29, 0.717) is 0 Å². The van der Waals surface area contributed by atoms with Crippen LogP contribution in [0, 0.1) is 5.92 Å². The number of carbonyl (C=O) groups excluding carboxylic acids is 1. The summed E-state index contributed by atoms with van der Waals surface area (Å²) in [5, 5.41) is 2.01. The molecule has 1 amide bonds. The molecule has 90 valence electrons. The van der Waals surface area contributed by atoms with Crippen LogP contribution in [0.25, 0.3) is 0 Å². The van der Waals surface area contributed by atoms with Gasteiger partial charge in [-0.15, -0.1) is 11.8 Å². The Hall–Kier alpha value is -1.22. The number of benzene rings is 1. The van der Waals surface area contributed by atoms with Crippen LogP contribution in [-0.4, -0.2) is 5.91 Å². The van der Waals surface area contributed by atoms with Crippen LogP contribution < -0.4 is 5.73 Å². The minimum absolute atomic E-state index is 0.206. The molecular weight excluding hydrogens is 230 g/mol. The zero-order valence-electron chi connectivity index (χ0n) is 9.93. The molecule has 2 rings (SSSR count). The van der Waals surface area contributed by atoms with E-state index >= 15 is 0 Å². The number of thioether (sulfide) groups is 1. The predicted molar refractivity (Wildman–Crippen MR) is 72.4 cm³/mol. The molecule has 1 aromatic rings. The normalized spacial score (nSPS) is 27.2. The van der Waals surface area contributed by atoms with Gasteiger partial charge in [-0.1, -0.05) is 49.8 Å². The molecule has 17 heavy (non-hydrogen) atoms. The van der Waals surface area contributed by atoms with Crippen molar-refractivity contribution in [2.24, 2.45) is 11.7 Å². The van der Waals surface area contributed by atoms with Crippen molar-refractivity contribution in [3.8, 4) is 0 Å². The van der Waals surface area contributed by atoms with Crippen molar-refractivity contribution in [1.29, 1.82) is 0 Å². The van der Waals surface area contributed by atoms with Crippen LogP contribution in [0.2, 0.25) is 0 Å². The molecule has 0 saturated heterocycles. The van der Waals surface area contributed by atoms with Gasteiger partial charge in [-0.3, -0.25) is 4.79 Å². The molecule has 0 aliphatic carbocycles. The van der Waals surface area contributed by atoms with Gasteiger partial charge >= 0.3 is 0 Å². The third kappa shape index (κ3) is 2.00. The number of carbonyl (C=O) groups is 1. The van der Waals surface area contributed by atoms with Crippen molar-refractivity contribution in [1.82, 2.24) is 0 Å². The van der Waals surface area contributed by atoms with Gasteiger partial charge in [0.05, 0.1) is 0 Å². The first-order valence-corrected chi connectivity index (χ1v) is 6.79. The van der Waals surface area contributed by atoms with Crippen molar-refractivity contribution in [3.05, 3.63) is 47.4 Å². The fourth-order valence-electron chi connectivity index (χ4n) is 2.43. The topological polar surface area (TPSA) is 43.1 Å². The smallest absolute Gasteiger partial charge is 0.239 e. The van der Waals surface area contributed by atoms with Crippen LogP contribution in [-0.2, 0) is 9.54 Å². The number of rotatable bonds is 4. The van der Waals surface area contributed by atoms with Crippen LogP contribution in [0.1, 0.15) is 25.3 Å². The van der Waals surface area contributed by atoms with Gasteiger partial charge in [-0.2, -0.15) is 0 Å². The van der Waals surface area contributed by atoms with Gasteiger partial charge in [-0.05, 0) is 17.4 Å². The molecule has 1 aromatic carbocycles. The summed E-state index contributed by atoms with van der Waals surface area (Å²) in [5.41, 5.74) is 6.70. The average molecular weight is 247 g/mol. The molecule has 1 aliphatic rings. The SMILES string of the molecule is CCCC1C=CSC1(C(N)=O)c1ccccc1. The van der Waals surface area contributed by atoms with E-state index in [9.17, 15) is 4.79 Å². The highest BCUT2D eigenvalue weighted by atomic mass is 32.2. The van der Waals surface area contributed by atoms with Crippen LogP contribution in [0.15, 0.2) is 41.8 Å².